The van der Waals surface area contributed by atoms with E-state index in [4.69, 9.17) is 17.1 Å². The molecule has 0 saturated carbocycles. The highest BCUT2D eigenvalue weighted by Gasteiger charge is 2.07. The molecule has 0 radical (unpaired) electrons. The van der Waals surface area contributed by atoms with E-state index < -0.39 is 6.16 Å². The van der Waals surface area contributed by atoms with E-state index in [0.29, 0.717) is 3.95 Å². The average Bonchev–Trinajstić information content (AvgIpc) is 2.36. The lowest BCUT2D eigenvalue weighted by Crippen LogP contribution is -2.21. The second-order valence-electron chi connectivity index (χ2n) is 2.21. The van der Waals surface area contributed by atoms with Gasteiger partial charge in [-0.15, -0.1) is 11.3 Å². The van der Waals surface area contributed by atoms with Gasteiger partial charge in [0.1, 0.15) is 0 Å². The predicted molar refractivity (Wildman–Crippen MR) is 51.5 cm³/mol. The molecule has 72 valence electrons. The van der Waals surface area contributed by atoms with E-state index in [1.54, 1.807) is 13.8 Å². The van der Waals surface area contributed by atoms with E-state index in [1.807, 2.05) is 5.38 Å². The molecule has 0 N–H and O–H groups in total. The minimum absolute atomic E-state index is 0.287. The molecular formula is C7H9NO3S2. The molecule has 0 fully saturated rings. The summed E-state index contributed by atoms with van der Waals surface area (Å²) in [6, 6.07) is 0. The zero-order valence-corrected chi connectivity index (χ0v) is 8.91. The SMILES string of the molecule is CCOC(=O)On1c(C)csc1=S. The van der Waals surface area contributed by atoms with E-state index in [-0.39, 0.29) is 6.61 Å². The van der Waals surface area contributed by atoms with Crippen LogP contribution in [0.1, 0.15) is 12.6 Å². The maximum Gasteiger partial charge on any atom is 0.533 e. The van der Waals surface area contributed by atoms with Crippen LogP contribution in [0.2, 0.25) is 0 Å². The third-order valence-electron chi connectivity index (χ3n) is 1.24. The zero-order valence-electron chi connectivity index (χ0n) is 7.27. The molecular weight excluding hydrogens is 210 g/mol. The van der Waals surface area contributed by atoms with Crippen molar-refractivity contribution in [1.29, 1.82) is 0 Å². The van der Waals surface area contributed by atoms with Crippen molar-refractivity contribution in [3.63, 3.8) is 0 Å². The van der Waals surface area contributed by atoms with Gasteiger partial charge in [-0.05, 0) is 26.1 Å². The van der Waals surface area contributed by atoms with E-state index in [2.05, 4.69) is 4.74 Å². The fourth-order valence-electron chi connectivity index (χ4n) is 0.703. The van der Waals surface area contributed by atoms with Crippen LogP contribution < -0.4 is 4.84 Å². The Bertz CT molecular complexity index is 355. The minimum Gasteiger partial charge on any atom is -0.433 e. The quantitative estimate of drug-likeness (QED) is 0.564. The van der Waals surface area contributed by atoms with Crippen LogP contribution >= 0.6 is 23.6 Å². The first kappa shape index (κ1) is 10.2. The fraction of sp³-hybridized carbons (Fsp3) is 0.429. The Hall–Kier alpha value is -0.880. The van der Waals surface area contributed by atoms with Gasteiger partial charge in [-0.2, -0.15) is 4.73 Å². The van der Waals surface area contributed by atoms with Crippen LogP contribution in [0.25, 0.3) is 0 Å². The number of carbonyl (C=O) groups is 1. The van der Waals surface area contributed by atoms with Crippen LogP contribution in [-0.2, 0) is 4.74 Å². The second kappa shape index (κ2) is 4.38. The normalized spacial score (nSPS) is 9.69. The number of carbonyl (C=O) groups excluding carboxylic acids is 1. The van der Waals surface area contributed by atoms with Crippen LogP contribution in [0.15, 0.2) is 5.38 Å². The van der Waals surface area contributed by atoms with Gasteiger partial charge in [-0.3, -0.25) is 4.84 Å². The summed E-state index contributed by atoms with van der Waals surface area (Å²) in [5.74, 6) is 0. The number of aromatic nitrogens is 1. The zero-order chi connectivity index (χ0) is 9.84. The molecule has 0 aliphatic heterocycles. The molecule has 1 aromatic rings. The van der Waals surface area contributed by atoms with Gasteiger partial charge >= 0.3 is 6.16 Å². The molecule has 1 rings (SSSR count). The monoisotopic (exact) mass is 219 g/mol. The third kappa shape index (κ3) is 2.53. The van der Waals surface area contributed by atoms with Crippen LogP contribution in [0, 0.1) is 10.9 Å². The summed E-state index contributed by atoms with van der Waals surface area (Å²) in [7, 11) is 0. The van der Waals surface area contributed by atoms with E-state index >= 15 is 0 Å². The van der Waals surface area contributed by atoms with Crippen molar-refractivity contribution in [3.8, 4) is 0 Å². The Labute approximate surface area is 84.7 Å². The van der Waals surface area contributed by atoms with E-state index in [1.165, 1.54) is 16.1 Å². The Morgan fingerprint density at radius 3 is 2.92 bits per heavy atom. The molecule has 13 heavy (non-hydrogen) atoms. The van der Waals surface area contributed by atoms with Gasteiger partial charge < -0.3 is 4.74 Å². The number of aryl methyl sites for hydroxylation is 1. The molecule has 4 nitrogen and oxygen atoms in total. The van der Waals surface area contributed by atoms with Crippen molar-refractivity contribution in [1.82, 2.24) is 4.73 Å². The second-order valence-corrected chi connectivity index (χ2v) is 3.71. The van der Waals surface area contributed by atoms with E-state index in [9.17, 15) is 4.79 Å². The molecule has 1 aromatic heterocycles. The summed E-state index contributed by atoms with van der Waals surface area (Å²) in [5.41, 5.74) is 0.781. The van der Waals surface area contributed by atoms with Crippen LogP contribution in [0.3, 0.4) is 0 Å². The first-order valence-corrected chi connectivity index (χ1v) is 4.96. The lowest BCUT2D eigenvalue weighted by molar-refractivity contribution is 0.0494. The molecule has 0 aliphatic rings. The molecule has 1 heterocycles. The topological polar surface area (TPSA) is 40.5 Å². The van der Waals surface area contributed by atoms with Crippen molar-refractivity contribution in [3.05, 3.63) is 15.0 Å². The van der Waals surface area contributed by atoms with Crippen LogP contribution in [0.5, 0.6) is 0 Å². The average molecular weight is 219 g/mol. The van der Waals surface area contributed by atoms with Gasteiger partial charge in [0, 0.05) is 5.38 Å². The fourth-order valence-corrected chi connectivity index (χ4v) is 1.67. The molecule has 0 aliphatic carbocycles. The van der Waals surface area contributed by atoms with Crippen molar-refractivity contribution >= 4 is 29.7 Å². The van der Waals surface area contributed by atoms with Crippen molar-refractivity contribution in [2.45, 2.75) is 13.8 Å². The molecule has 0 aromatic carbocycles. The van der Waals surface area contributed by atoms with Gasteiger partial charge in [0.05, 0.1) is 12.3 Å². The Morgan fingerprint density at radius 2 is 2.46 bits per heavy atom. The summed E-state index contributed by atoms with van der Waals surface area (Å²) in [5, 5.41) is 1.81. The standard InChI is InChI=1S/C7H9NO3S2/c1-3-10-7(9)11-8-5(2)4-13-6(8)12/h4H,3H2,1-2H3. The Morgan fingerprint density at radius 1 is 1.77 bits per heavy atom. The summed E-state index contributed by atoms with van der Waals surface area (Å²) < 4.78 is 6.37. The largest absolute Gasteiger partial charge is 0.533 e. The molecule has 0 unspecified atom stereocenters. The Kier molecular flexibility index (Phi) is 3.44. The van der Waals surface area contributed by atoms with Gasteiger partial charge in [-0.1, -0.05) is 0 Å². The number of rotatable bonds is 2. The highest BCUT2D eigenvalue weighted by molar-refractivity contribution is 7.73. The molecule has 6 heteroatoms. The lowest BCUT2D eigenvalue weighted by atomic mass is 10.6. The third-order valence-corrected chi connectivity index (χ3v) is 2.53. The number of nitrogens with zero attached hydrogens (tertiary/aromatic N) is 1. The highest BCUT2D eigenvalue weighted by atomic mass is 32.1. The molecule has 0 atom stereocenters. The van der Waals surface area contributed by atoms with Crippen molar-refractivity contribution in [2.75, 3.05) is 6.61 Å². The van der Waals surface area contributed by atoms with E-state index in [0.717, 1.165) is 5.69 Å². The summed E-state index contributed by atoms with van der Waals surface area (Å²) in [6.07, 6.45) is -0.736. The van der Waals surface area contributed by atoms with Gasteiger partial charge in [0.2, 0.25) is 0 Å². The summed E-state index contributed by atoms with van der Waals surface area (Å²) in [4.78, 5) is 15.7. The van der Waals surface area contributed by atoms with Crippen LogP contribution in [0.4, 0.5) is 4.79 Å². The smallest absolute Gasteiger partial charge is 0.433 e. The molecule has 0 amide bonds. The van der Waals surface area contributed by atoms with Gasteiger partial charge in [0.25, 0.3) is 0 Å². The first-order valence-electron chi connectivity index (χ1n) is 3.67. The minimum atomic E-state index is -0.736. The number of ether oxygens (including phenoxy) is 1. The summed E-state index contributed by atoms with van der Waals surface area (Å²) >= 11 is 6.26. The number of thiazole rings is 1. The highest BCUT2D eigenvalue weighted by Crippen LogP contribution is 2.07. The lowest BCUT2D eigenvalue weighted by Gasteiger charge is -2.04. The van der Waals surface area contributed by atoms with Crippen molar-refractivity contribution < 1.29 is 14.4 Å². The van der Waals surface area contributed by atoms with Crippen molar-refractivity contribution in [2.24, 2.45) is 0 Å². The molecule has 0 bridgehead atoms. The van der Waals surface area contributed by atoms with Gasteiger partial charge in [0.15, 0.2) is 3.95 Å². The van der Waals surface area contributed by atoms with Gasteiger partial charge in [-0.25, -0.2) is 4.79 Å². The Balaban J connectivity index is 2.74. The first-order chi connectivity index (χ1) is 6.15. The molecule has 0 saturated heterocycles. The van der Waals surface area contributed by atoms with Crippen LogP contribution in [-0.4, -0.2) is 17.5 Å². The number of hydrogen-bond donors (Lipinski definition) is 0. The molecule has 0 spiro atoms. The number of hydrogen-bond acceptors (Lipinski definition) is 5. The maximum atomic E-state index is 10.9. The maximum absolute atomic E-state index is 10.9. The summed E-state index contributed by atoms with van der Waals surface area (Å²) in [6.45, 7) is 3.79. The predicted octanol–water partition coefficient (Wildman–Crippen LogP) is 2.17.